The van der Waals surface area contributed by atoms with Gasteiger partial charge in [-0.2, -0.15) is 0 Å². The van der Waals surface area contributed by atoms with Crippen LogP contribution in [0, 0.1) is 0 Å². The van der Waals surface area contributed by atoms with Gasteiger partial charge < -0.3 is 15.2 Å². The van der Waals surface area contributed by atoms with E-state index in [4.69, 9.17) is 15.2 Å². The van der Waals surface area contributed by atoms with Crippen LogP contribution in [0.2, 0.25) is 0 Å². The second-order valence-electron chi connectivity index (χ2n) is 4.71. The fourth-order valence-electron chi connectivity index (χ4n) is 1.46. The van der Waals surface area contributed by atoms with Crippen LogP contribution in [0.15, 0.2) is 23.1 Å². The van der Waals surface area contributed by atoms with Gasteiger partial charge in [0.25, 0.3) is 0 Å². The van der Waals surface area contributed by atoms with Gasteiger partial charge in [-0.25, -0.2) is 13.1 Å². The van der Waals surface area contributed by atoms with Crippen LogP contribution in [-0.2, 0) is 10.0 Å². The first-order chi connectivity index (χ1) is 8.75. The summed E-state index contributed by atoms with van der Waals surface area (Å²) in [5.41, 5.74) is 4.80. The maximum Gasteiger partial charge on any atom is 0.244 e. The van der Waals surface area contributed by atoms with Crippen molar-refractivity contribution in [2.75, 3.05) is 20.8 Å². The van der Waals surface area contributed by atoms with E-state index in [9.17, 15) is 8.42 Å². The predicted octanol–water partition coefficient (Wildman–Crippen LogP) is 0.719. The van der Waals surface area contributed by atoms with Crippen LogP contribution in [0.4, 0.5) is 0 Å². The van der Waals surface area contributed by atoms with E-state index in [0.717, 1.165) is 0 Å². The molecule has 0 saturated carbocycles. The molecule has 7 heteroatoms. The number of nitrogens with two attached hydrogens (primary N) is 1. The Kier molecular flexibility index (Phi) is 4.78. The summed E-state index contributed by atoms with van der Waals surface area (Å²) in [5.74, 6) is 0.744. The first-order valence-electron chi connectivity index (χ1n) is 5.72. The highest BCUT2D eigenvalue weighted by Gasteiger charge is 2.27. The van der Waals surface area contributed by atoms with Crippen LogP contribution in [0.1, 0.15) is 13.8 Å². The van der Waals surface area contributed by atoms with E-state index in [0.29, 0.717) is 5.75 Å². The zero-order valence-electron chi connectivity index (χ0n) is 11.6. The molecule has 1 aromatic rings. The number of methoxy groups -OCH3 is 2. The maximum absolute atomic E-state index is 12.3. The van der Waals surface area contributed by atoms with E-state index in [1.807, 2.05) is 0 Å². The topological polar surface area (TPSA) is 90.7 Å². The molecule has 0 amide bonds. The average Bonchev–Trinajstić information content (AvgIpc) is 2.36. The molecule has 0 radical (unpaired) electrons. The van der Waals surface area contributed by atoms with Crippen molar-refractivity contribution in [3.8, 4) is 11.5 Å². The van der Waals surface area contributed by atoms with Gasteiger partial charge in [0.2, 0.25) is 10.0 Å². The monoisotopic (exact) mass is 288 g/mol. The number of sulfonamides is 1. The summed E-state index contributed by atoms with van der Waals surface area (Å²) in [5, 5.41) is 0. The van der Waals surface area contributed by atoms with Crippen molar-refractivity contribution in [2.24, 2.45) is 5.73 Å². The number of benzene rings is 1. The zero-order valence-corrected chi connectivity index (χ0v) is 12.4. The summed E-state index contributed by atoms with van der Waals surface area (Å²) in [6.45, 7) is 3.60. The first kappa shape index (κ1) is 15.7. The third-order valence-electron chi connectivity index (χ3n) is 2.58. The molecule has 0 aliphatic rings. The molecule has 6 nitrogen and oxygen atoms in total. The van der Waals surface area contributed by atoms with Gasteiger partial charge in [-0.1, -0.05) is 0 Å². The lowest BCUT2D eigenvalue weighted by atomic mass is 10.1. The van der Waals surface area contributed by atoms with Crippen molar-refractivity contribution in [3.63, 3.8) is 0 Å². The van der Waals surface area contributed by atoms with Crippen LogP contribution in [0.25, 0.3) is 0 Å². The molecule has 0 aliphatic carbocycles. The van der Waals surface area contributed by atoms with Gasteiger partial charge in [-0.15, -0.1) is 0 Å². The minimum atomic E-state index is -3.71. The molecule has 0 aliphatic heterocycles. The van der Waals surface area contributed by atoms with Crippen molar-refractivity contribution in [3.05, 3.63) is 18.2 Å². The molecule has 1 rings (SSSR count). The number of hydrogen-bond acceptors (Lipinski definition) is 5. The molecule has 0 unspecified atom stereocenters. The third-order valence-corrected chi connectivity index (χ3v) is 4.32. The first-order valence-corrected chi connectivity index (χ1v) is 7.20. The SMILES string of the molecule is COc1ccc(S(=O)(=O)NC(C)(C)CN)c(OC)c1. The maximum atomic E-state index is 12.3. The lowest BCUT2D eigenvalue weighted by Gasteiger charge is -2.24. The highest BCUT2D eigenvalue weighted by molar-refractivity contribution is 7.89. The van der Waals surface area contributed by atoms with E-state index in [2.05, 4.69) is 4.72 Å². The van der Waals surface area contributed by atoms with Crippen LogP contribution in [0.3, 0.4) is 0 Å². The molecule has 0 saturated heterocycles. The highest BCUT2D eigenvalue weighted by atomic mass is 32.2. The largest absolute Gasteiger partial charge is 0.497 e. The number of rotatable bonds is 6. The summed E-state index contributed by atoms with van der Waals surface area (Å²) in [6.07, 6.45) is 0. The molecule has 0 bridgehead atoms. The van der Waals surface area contributed by atoms with Crippen molar-refractivity contribution in [2.45, 2.75) is 24.3 Å². The summed E-state index contributed by atoms with van der Waals surface area (Å²) in [4.78, 5) is 0.0531. The number of nitrogens with one attached hydrogen (secondary N) is 1. The standard InChI is InChI=1S/C12H20N2O4S/c1-12(2,8-13)14-19(15,16)11-6-5-9(17-3)7-10(11)18-4/h5-7,14H,8,13H2,1-4H3. The quantitative estimate of drug-likeness (QED) is 0.805. The molecule has 19 heavy (non-hydrogen) atoms. The van der Waals surface area contributed by atoms with Gasteiger partial charge in [-0.3, -0.25) is 0 Å². The third kappa shape index (κ3) is 3.82. The Balaban J connectivity index is 3.21. The van der Waals surface area contributed by atoms with Gasteiger partial charge in [0.15, 0.2) is 0 Å². The summed E-state index contributed by atoms with van der Waals surface area (Å²) in [7, 11) is -0.805. The van der Waals surface area contributed by atoms with Gasteiger partial charge in [0.05, 0.1) is 14.2 Å². The van der Waals surface area contributed by atoms with Crippen molar-refractivity contribution in [1.29, 1.82) is 0 Å². The Morgan fingerprint density at radius 1 is 1.26 bits per heavy atom. The lowest BCUT2D eigenvalue weighted by Crippen LogP contribution is -2.48. The Labute approximate surface area is 113 Å². The molecule has 0 heterocycles. The molecule has 0 aromatic heterocycles. The second-order valence-corrected chi connectivity index (χ2v) is 6.36. The van der Waals surface area contributed by atoms with Crippen molar-refractivity contribution in [1.82, 2.24) is 4.72 Å². The van der Waals surface area contributed by atoms with Crippen LogP contribution in [-0.4, -0.2) is 34.7 Å². The highest BCUT2D eigenvalue weighted by Crippen LogP contribution is 2.28. The number of ether oxygens (including phenoxy) is 2. The van der Waals surface area contributed by atoms with Crippen LogP contribution < -0.4 is 19.9 Å². The summed E-state index contributed by atoms with van der Waals surface area (Å²) < 4.78 is 37.3. The molecular weight excluding hydrogens is 268 g/mol. The fourth-order valence-corrected chi connectivity index (χ4v) is 3.03. The Morgan fingerprint density at radius 3 is 2.37 bits per heavy atom. The van der Waals surface area contributed by atoms with Gasteiger partial charge in [0, 0.05) is 18.2 Å². The van der Waals surface area contributed by atoms with Crippen LogP contribution in [0.5, 0.6) is 11.5 Å². The fraction of sp³-hybridized carbons (Fsp3) is 0.500. The van der Waals surface area contributed by atoms with Crippen molar-refractivity contribution >= 4 is 10.0 Å². The average molecular weight is 288 g/mol. The predicted molar refractivity (Wildman–Crippen MR) is 73.0 cm³/mol. The second kappa shape index (κ2) is 5.77. The van der Waals surface area contributed by atoms with Crippen molar-refractivity contribution < 1.29 is 17.9 Å². The smallest absolute Gasteiger partial charge is 0.244 e. The molecule has 0 atom stereocenters. The van der Waals surface area contributed by atoms with Crippen LogP contribution >= 0.6 is 0 Å². The molecule has 3 N–H and O–H groups in total. The van der Waals surface area contributed by atoms with Gasteiger partial charge >= 0.3 is 0 Å². The zero-order chi connectivity index (χ0) is 14.7. The Hall–Kier alpha value is -1.31. The Morgan fingerprint density at radius 2 is 1.89 bits per heavy atom. The molecule has 0 fully saturated rings. The molecule has 0 spiro atoms. The van der Waals surface area contributed by atoms with E-state index < -0.39 is 15.6 Å². The molecule has 1 aromatic carbocycles. The van der Waals surface area contributed by atoms with E-state index in [1.54, 1.807) is 19.9 Å². The Bertz CT molecular complexity index is 541. The number of hydrogen-bond donors (Lipinski definition) is 2. The summed E-state index contributed by atoms with van der Waals surface area (Å²) in [6, 6.07) is 4.52. The molecule has 108 valence electrons. The van der Waals surface area contributed by atoms with Gasteiger partial charge in [-0.05, 0) is 26.0 Å². The van der Waals surface area contributed by atoms with E-state index in [-0.39, 0.29) is 17.2 Å². The summed E-state index contributed by atoms with van der Waals surface area (Å²) >= 11 is 0. The van der Waals surface area contributed by atoms with E-state index in [1.165, 1.54) is 26.4 Å². The van der Waals surface area contributed by atoms with Gasteiger partial charge in [0.1, 0.15) is 16.4 Å². The molecular formula is C12H20N2O4S. The minimum absolute atomic E-state index is 0.0531. The normalized spacial score (nSPS) is 12.3. The lowest BCUT2D eigenvalue weighted by molar-refractivity contribution is 0.385. The van der Waals surface area contributed by atoms with E-state index >= 15 is 0 Å². The minimum Gasteiger partial charge on any atom is -0.497 e.